The van der Waals surface area contributed by atoms with E-state index in [0.717, 1.165) is 31.6 Å². The number of hydrogen-bond acceptors (Lipinski definition) is 3. The average Bonchev–Trinajstić information content (AvgIpc) is 3.08. The third-order valence-electron chi connectivity index (χ3n) is 4.10. The van der Waals surface area contributed by atoms with E-state index in [1.165, 1.54) is 12.1 Å². The molecule has 130 valence electrons. The van der Waals surface area contributed by atoms with E-state index in [1.807, 2.05) is 6.07 Å². The molecule has 0 bridgehead atoms. The molecule has 1 aliphatic heterocycles. The van der Waals surface area contributed by atoms with Gasteiger partial charge in [0.1, 0.15) is 0 Å². The zero-order chi connectivity index (χ0) is 18.0. The molecule has 1 fully saturated rings. The van der Waals surface area contributed by atoms with E-state index in [2.05, 4.69) is 10.2 Å². The summed E-state index contributed by atoms with van der Waals surface area (Å²) in [6.07, 6.45) is 2.18. The SMILES string of the molecule is NC(=O)c1ccc(N2CCCC2)c(NC(=O)c2cc(Cl)cc(Cl)c2)c1. The average molecular weight is 378 g/mol. The first-order chi connectivity index (χ1) is 11.9. The normalized spacial score (nSPS) is 13.8. The summed E-state index contributed by atoms with van der Waals surface area (Å²) >= 11 is 11.9. The van der Waals surface area contributed by atoms with Crippen molar-refractivity contribution in [2.24, 2.45) is 5.73 Å². The van der Waals surface area contributed by atoms with E-state index in [-0.39, 0.29) is 5.91 Å². The third kappa shape index (κ3) is 4.06. The second kappa shape index (κ2) is 7.33. The summed E-state index contributed by atoms with van der Waals surface area (Å²) in [5.74, 6) is -0.902. The van der Waals surface area contributed by atoms with Crippen LogP contribution in [0, 0.1) is 0 Å². The number of hydrogen-bond donors (Lipinski definition) is 2. The molecule has 2 aromatic rings. The van der Waals surface area contributed by atoms with Crippen molar-refractivity contribution in [2.45, 2.75) is 12.8 Å². The van der Waals surface area contributed by atoms with E-state index >= 15 is 0 Å². The Hall–Kier alpha value is -2.24. The van der Waals surface area contributed by atoms with Crippen LogP contribution >= 0.6 is 23.2 Å². The lowest BCUT2D eigenvalue weighted by molar-refractivity contribution is 0.0996. The standard InChI is InChI=1S/C18H17Cl2N3O2/c19-13-7-12(8-14(20)10-13)18(25)22-15-9-11(17(21)24)3-4-16(15)23-5-1-2-6-23/h3-4,7-10H,1-2,5-6H2,(H2,21,24)(H,22,25). The quantitative estimate of drug-likeness (QED) is 0.846. The number of rotatable bonds is 4. The topological polar surface area (TPSA) is 75.4 Å². The van der Waals surface area contributed by atoms with Gasteiger partial charge in [0.25, 0.3) is 5.91 Å². The van der Waals surface area contributed by atoms with Gasteiger partial charge in [-0.3, -0.25) is 9.59 Å². The van der Waals surface area contributed by atoms with E-state index in [1.54, 1.807) is 18.2 Å². The Morgan fingerprint density at radius 1 is 0.960 bits per heavy atom. The number of nitrogens with one attached hydrogen (secondary N) is 1. The molecule has 3 rings (SSSR count). The molecule has 1 heterocycles. The summed E-state index contributed by atoms with van der Waals surface area (Å²) in [5.41, 5.74) is 7.45. The summed E-state index contributed by atoms with van der Waals surface area (Å²) in [5, 5.41) is 3.60. The van der Waals surface area contributed by atoms with Gasteiger partial charge in [-0.2, -0.15) is 0 Å². The van der Waals surface area contributed by atoms with Crippen LogP contribution in [0.4, 0.5) is 11.4 Å². The van der Waals surface area contributed by atoms with Crippen LogP contribution in [0.3, 0.4) is 0 Å². The van der Waals surface area contributed by atoms with Crippen molar-refractivity contribution < 1.29 is 9.59 Å². The Bertz CT molecular complexity index is 813. The fourth-order valence-corrected chi connectivity index (χ4v) is 3.43. The largest absolute Gasteiger partial charge is 0.370 e. The summed E-state index contributed by atoms with van der Waals surface area (Å²) in [6.45, 7) is 1.81. The minimum absolute atomic E-state index is 0.336. The Morgan fingerprint density at radius 2 is 1.60 bits per heavy atom. The Balaban J connectivity index is 1.94. The number of nitrogens with zero attached hydrogens (tertiary/aromatic N) is 1. The number of primary amides is 1. The highest BCUT2D eigenvalue weighted by atomic mass is 35.5. The summed E-state index contributed by atoms with van der Waals surface area (Å²) in [6, 6.07) is 9.71. The molecule has 25 heavy (non-hydrogen) atoms. The molecule has 2 amide bonds. The van der Waals surface area contributed by atoms with Crippen molar-refractivity contribution in [3.8, 4) is 0 Å². The molecule has 0 aromatic heterocycles. The van der Waals surface area contributed by atoms with E-state index in [0.29, 0.717) is 26.9 Å². The maximum Gasteiger partial charge on any atom is 0.255 e. The lowest BCUT2D eigenvalue weighted by atomic mass is 10.1. The van der Waals surface area contributed by atoms with E-state index in [9.17, 15) is 9.59 Å². The highest BCUT2D eigenvalue weighted by Crippen LogP contribution is 2.31. The van der Waals surface area contributed by atoms with Crippen LogP contribution in [0.5, 0.6) is 0 Å². The zero-order valence-corrected chi connectivity index (χ0v) is 14.9. The number of carbonyl (C=O) groups is 2. The van der Waals surface area contributed by atoms with Gasteiger partial charge in [-0.1, -0.05) is 23.2 Å². The maximum atomic E-state index is 12.6. The zero-order valence-electron chi connectivity index (χ0n) is 13.4. The molecule has 0 atom stereocenters. The first-order valence-corrected chi connectivity index (χ1v) is 8.66. The van der Waals surface area contributed by atoms with E-state index < -0.39 is 5.91 Å². The lowest BCUT2D eigenvalue weighted by Crippen LogP contribution is -2.22. The predicted octanol–water partition coefficient (Wildman–Crippen LogP) is 3.94. The number of amides is 2. The smallest absolute Gasteiger partial charge is 0.255 e. The first kappa shape index (κ1) is 17.6. The maximum absolute atomic E-state index is 12.6. The highest BCUT2D eigenvalue weighted by Gasteiger charge is 2.19. The molecular formula is C18H17Cl2N3O2. The van der Waals surface area contributed by atoms with Gasteiger partial charge in [0, 0.05) is 34.3 Å². The molecule has 1 aliphatic rings. The van der Waals surface area contributed by atoms with Gasteiger partial charge in [-0.15, -0.1) is 0 Å². The van der Waals surface area contributed by atoms with Crippen molar-refractivity contribution in [2.75, 3.05) is 23.3 Å². The number of anilines is 2. The molecule has 3 N–H and O–H groups in total. The molecule has 0 aliphatic carbocycles. The third-order valence-corrected chi connectivity index (χ3v) is 4.54. The van der Waals surface area contributed by atoms with Gasteiger partial charge in [-0.25, -0.2) is 0 Å². The van der Waals surface area contributed by atoms with Crippen LogP contribution in [-0.4, -0.2) is 24.9 Å². The number of nitrogens with two attached hydrogens (primary N) is 1. The van der Waals surface area contributed by atoms with Crippen LogP contribution in [0.2, 0.25) is 10.0 Å². The van der Waals surface area contributed by atoms with Crippen LogP contribution in [0.25, 0.3) is 0 Å². The van der Waals surface area contributed by atoms with Crippen molar-refractivity contribution >= 4 is 46.4 Å². The van der Waals surface area contributed by atoms with E-state index in [4.69, 9.17) is 28.9 Å². The van der Waals surface area contributed by atoms with Gasteiger partial charge in [-0.05, 0) is 49.2 Å². The summed E-state index contributed by atoms with van der Waals surface area (Å²) < 4.78 is 0. The Morgan fingerprint density at radius 3 is 2.20 bits per heavy atom. The van der Waals surface area contributed by atoms with Crippen LogP contribution in [0.1, 0.15) is 33.6 Å². The van der Waals surface area contributed by atoms with Crippen molar-refractivity contribution in [3.05, 3.63) is 57.6 Å². The highest BCUT2D eigenvalue weighted by molar-refractivity contribution is 6.35. The molecule has 0 radical (unpaired) electrons. The van der Waals surface area contributed by atoms with Crippen LogP contribution in [0.15, 0.2) is 36.4 Å². The monoisotopic (exact) mass is 377 g/mol. The molecule has 0 spiro atoms. The predicted molar refractivity (Wildman–Crippen MR) is 101 cm³/mol. The van der Waals surface area contributed by atoms with Crippen LogP contribution < -0.4 is 16.0 Å². The minimum Gasteiger partial charge on any atom is -0.370 e. The molecule has 0 saturated carbocycles. The first-order valence-electron chi connectivity index (χ1n) is 7.90. The van der Waals surface area contributed by atoms with Gasteiger partial charge in [0.2, 0.25) is 5.91 Å². The van der Waals surface area contributed by atoms with Crippen molar-refractivity contribution in [1.82, 2.24) is 0 Å². The summed E-state index contributed by atoms with van der Waals surface area (Å²) in [7, 11) is 0. The molecule has 5 nitrogen and oxygen atoms in total. The van der Waals surface area contributed by atoms with Gasteiger partial charge >= 0.3 is 0 Å². The van der Waals surface area contributed by atoms with Crippen molar-refractivity contribution in [1.29, 1.82) is 0 Å². The fraction of sp³-hybridized carbons (Fsp3) is 0.222. The second-order valence-electron chi connectivity index (χ2n) is 5.90. The molecule has 0 unspecified atom stereocenters. The molecule has 1 saturated heterocycles. The lowest BCUT2D eigenvalue weighted by Gasteiger charge is -2.22. The number of benzene rings is 2. The Labute approximate surface area is 155 Å². The number of halogens is 2. The fourth-order valence-electron chi connectivity index (χ4n) is 2.90. The van der Waals surface area contributed by atoms with Crippen LogP contribution in [-0.2, 0) is 0 Å². The van der Waals surface area contributed by atoms with Crippen molar-refractivity contribution in [3.63, 3.8) is 0 Å². The number of carbonyl (C=O) groups excluding carboxylic acids is 2. The Kier molecular flexibility index (Phi) is 5.16. The molecular weight excluding hydrogens is 361 g/mol. The summed E-state index contributed by atoms with van der Waals surface area (Å²) in [4.78, 5) is 26.3. The van der Waals surface area contributed by atoms with Gasteiger partial charge < -0.3 is 16.0 Å². The van der Waals surface area contributed by atoms with Gasteiger partial charge in [0.05, 0.1) is 11.4 Å². The van der Waals surface area contributed by atoms with Gasteiger partial charge in [0.15, 0.2) is 0 Å². The molecule has 7 heteroatoms. The minimum atomic E-state index is -0.547. The molecule has 2 aromatic carbocycles. The second-order valence-corrected chi connectivity index (χ2v) is 6.78.